The molecule has 0 saturated carbocycles. The van der Waals surface area contributed by atoms with Crippen LogP contribution in [-0.4, -0.2) is 41.6 Å². The van der Waals surface area contributed by atoms with Crippen LogP contribution in [0.4, 0.5) is 5.69 Å². The summed E-state index contributed by atoms with van der Waals surface area (Å²) in [5.74, 6) is -5.51. The first-order valence-corrected chi connectivity index (χ1v) is 12.9. The number of esters is 1. The van der Waals surface area contributed by atoms with Crippen molar-refractivity contribution in [1.29, 1.82) is 0 Å². The van der Waals surface area contributed by atoms with Gasteiger partial charge in [0.25, 0.3) is 0 Å². The maximum absolute atomic E-state index is 14.0. The van der Waals surface area contributed by atoms with E-state index in [1.807, 2.05) is 0 Å². The lowest BCUT2D eigenvalue weighted by Gasteiger charge is -2.27. The minimum absolute atomic E-state index is 0.170. The highest BCUT2D eigenvalue weighted by atomic mass is 79.9. The van der Waals surface area contributed by atoms with Crippen molar-refractivity contribution in [3.63, 3.8) is 0 Å². The molecule has 3 atom stereocenters. The first-order valence-electron chi connectivity index (χ1n) is 12.1. The van der Waals surface area contributed by atoms with E-state index in [1.54, 1.807) is 43.3 Å². The molecule has 2 heterocycles. The molecule has 3 aliphatic rings. The summed E-state index contributed by atoms with van der Waals surface area (Å²) in [4.78, 5) is 68.6. The van der Waals surface area contributed by atoms with Gasteiger partial charge in [0.05, 0.1) is 35.8 Å². The average Bonchev–Trinajstić information content (AvgIpc) is 3.49. The molecule has 0 N–H and O–H groups in total. The van der Waals surface area contributed by atoms with E-state index < -0.39 is 52.9 Å². The highest BCUT2D eigenvalue weighted by Gasteiger charge is 2.74. The molecular formula is C29H20BrNO7. The normalized spacial score (nSPS) is 23.2. The third kappa shape index (κ3) is 3.28. The number of ketones is 2. The van der Waals surface area contributed by atoms with Gasteiger partial charge in [0.2, 0.25) is 29.0 Å². The lowest BCUT2D eigenvalue weighted by molar-refractivity contribution is -0.127. The number of hydrogen-bond donors (Lipinski definition) is 0. The van der Waals surface area contributed by atoms with E-state index >= 15 is 0 Å². The second-order valence-corrected chi connectivity index (χ2v) is 10.2. The number of nitrogens with zero attached hydrogens (tertiary/aromatic N) is 1. The Bertz CT molecular complexity index is 1510. The van der Waals surface area contributed by atoms with E-state index in [-0.39, 0.29) is 29.0 Å². The van der Waals surface area contributed by atoms with Crippen molar-refractivity contribution in [2.45, 2.75) is 18.6 Å². The molecule has 3 aromatic rings. The van der Waals surface area contributed by atoms with Crippen molar-refractivity contribution in [1.82, 2.24) is 0 Å². The van der Waals surface area contributed by atoms with Crippen molar-refractivity contribution >= 4 is 51.0 Å². The lowest BCUT2D eigenvalue weighted by atomic mass is 9.77. The van der Waals surface area contributed by atoms with Gasteiger partial charge in [-0.3, -0.25) is 19.2 Å². The number of carbonyl (C=O) groups excluding carboxylic acids is 5. The summed E-state index contributed by atoms with van der Waals surface area (Å²) in [6, 6.07) is 19.2. The third-order valence-electron chi connectivity index (χ3n) is 7.33. The van der Waals surface area contributed by atoms with Crippen LogP contribution in [0.3, 0.4) is 0 Å². The standard InChI is InChI=1S/C29H20BrNO7/c1-2-37-28(36)15-10-12-18(13-11-15)31-26(34)21-22(27(31)35)29(38-23(21)16-6-5-7-17(30)14-16)24(32)19-8-3-4-9-20(19)25(29)33/h3-14,21-23H,2H2,1H3/t21-,22-,23+/m0/s1. The predicted molar refractivity (Wildman–Crippen MR) is 138 cm³/mol. The second kappa shape index (κ2) is 8.82. The molecule has 190 valence electrons. The first kappa shape index (κ1) is 24.4. The SMILES string of the molecule is CCOC(=O)c1ccc(N2C(=O)[C@@H]3[C@@H](c4cccc(Br)c4)OC4(C(=O)c5ccccc5C4=O)[C@@H]3C2=O)cc1. The van der Waals surface area contributed by atoms with E-state index in [0.29, 0.717) is 10.0 Å². The summed E-state index contributed by atoms with van der Waals surface area (Å²) in [6.07, 6.45) is -1.01. The molecule has 0 unspecified atom stereocenters. The van der Waals surface area contributed by atoms with Gasteiger partial charge in [-0.15, -0.1) is 0 Å². The largest absolute Gasteiger partial charge is 0.462 e. The zero-order valence-electron chi connectivity index (χ0n) is 20.1. The number of rotatable bonds is 4. The highest BCUT2D eigenvalue weighted by Crippen LogP contribution is 2.57. The maximum Gasteiger partial charge on any atom is 0.338 e. The summed E-state index contributed by atoms with van der Waals surface area (Å²) in [5.41, 5.74) is -0.761. The van der Waals surface area contributed by atoms with Gasteiger partial charge >= 0.3 is 5.97 Å². The van der Waals surface area contributed by atoms with Gasteiger partial charge in [-0.2, -0.15) is 0 Å². The number of imide groups is 1. The molecule has 8 nitrogen and oxygen atoms in total. The van der Waals surface area contributed by atoms with Crippen molar-refractivity contribution in [3.05, 3.63) is 99.5 Å². The molecule has 0 radical (unpaired) electrons. The Balaban J connectivity index is 1.47. The fraction of sp³-hybridized carbons (Fsp3) is 0.207. The number of carbonyl (C=O) groups is 5. The Morgan fingerprint density at radius 2 is 1.58 bits per heavy atom. The topological polar surface area (TPSA) is 107 Å². The molecule has 1 aliphatic carbocycles. The van der Waals surface area contributed by atoms with Crippen LogP contribution in [0.1, 0.15) is 49.7 Å². The van der Waals surface area contributed by atoms with Crippen LogP contribution in [0.25, 0.3) is 0 Å². The average molecular weight is 574 g/mol. The molecule has 3 aromatic carbocycles. The number of halogens is 1. The lowest BCUT2D eigenvalue weighted by Crippen LogP contribution is -2.51. The zero-order chi connectivity index (χ0) is 26.8. The second-order valence-electron chi connectivity index (χ2n) is 9.32. The Morgan fingerprint density at radius 3 is 2.18 bits per heavy atom. The maximum atomic E-state index is 14.0. The number of ether oxygens (including phenoxy) is 2. The quantitative estimate of drug-likeness (QED) is 0.260. The number of anilines is 1. The molecule has 2 saturated heterocycles. The molecule has 38 heavy (non-hydrogen) atoms. The summed E-state index contributed by atoms with van der Waals surface area (Å²) in [7, 11) is 0. The Kier molecular flexibility index (Phi) is 5.66. The summed E-state index contributed by atoms with van der Waals surface area (Å²) in [5, 5.41) is 0. The number of hydrogen-bond acceptors (Lipinski definition) is 7. The Hall–Kier alpha value is -3.95. The van der Waals surface area contributed by atoms with Crippen LogP contribution in [0.2, 0.25) is 0 Å². The highest BCUT2D eigenvalue weighted by molar-refractivity contribution is 9.10. The van der Waals surface area contributed by atoms with Crippen LogP contribution < -0.4 is 4.90 Å². The monoisotopic (exact) mass is 573 g/mol. The van der Waals surface area contributed by atoms with Gasteiger partial charge in [-0.25, -0.2) is 9.69 Å². The van der Waals surface area contributed by atoms with Crippen molar-refractivity contribution in [2.24, 2.45) is 11.8 Å². The van der Waals surface area contributed by atoms with E-state index in [2.05, 4.69) is 15.9 Å². The molecular weight excluding hydrogens is 554 g/mol. The van der Waals surface area contributed by atoms with Crippen molar-refractivity contribution < 1.29 is 33.4 Å². The molecule has 0 aromatic heterocycles. The van der Waals surface area contributed by atoms with Crippen LogP contribution in [-0.2, 0) is 19.1 Å². The van der Waals surface area contributed by atoms with E-state index in [1.165, 1.54) is 36.4 Å². The minimum Gasteiger partial charge on any atom is -0.462 e. The molecule has 0 bridgehead atoms. The molecule has 6 rings (SSSR count). The summed E-state index contributed by atoms with van der Waals surface area (Å²) in [6.45, 7) is 1.90. The number of amides is 2. The summed E-state index contributed by atoms with van der Waals surface area (Å²) >= 11 is 3.42. The van der Waals surface area contributed by atoms with E-state index in [0.717, 1.165) is 4.90 Å². The van der Waals surface area contributed by atoms with Crippen molar-refractivity contribution in [2.75, 3.05) is 11.5 Å². The van der Waals surface area contributed by atoms with Gasteiger partial charge < -0.3 is 9.47 Å². The van der Waals surface area contributed by atoms with Crippen LogP contribution in [0.15, 0.2) is 77.3 Å². The molecule has 1 spiro atoms. The Labute approximate surface area is 225 Å². The summed E-state index contributed by atoms with van der Waals surface area (Å²) < 4.78 is 12.0. The molecule has 2 amide bonds. The van der Waals surface area contributed by atoms with Gasteiger partial charge in [-0.1, -0.05) is 52.3 Å². The first-order chi connectivity index (χ1) is 18.3. The van der Waals surface area contributed by atoms with Crippen molar-refractivity contribution in [3.8, 4) is 0 Å². The van der Waals surface area contributed by atoms with Gasteiger partial charge in [0, 0.05) is 15.6 Å². The van der Waals surface area contributed by atoms with Gasteiger partial charge in [0.15, 0.2) is 0 Å². The van der Waals surface area contributed by atoms with E-state index in [9.17, 15) is 24.0 Å². The fourth-order valence-corrected chi connectivity index (χ4v) is 6.13. The van der Waals surface area contributed by atoms with E-state index in [4.69, 9.17) is 9.47 Å². The molecule has 2 fully saturated rings. The molecule has 9 heteroatoms. The van der Waals surface area contributed by atoms with Crippen LogP contribution in [0, 0.1) is 11.8 Å². The minimum atomic E-state index is -2.15. The zero-order valence-corrected chi connectivity index (χ0v) is 21.6. The third-order valence-corrected chi connectivity index (χ3v) is 7.83. The smallest absolute Gasteiger partial charge is 0.338 e. The fourth-order valence-electron chi connectivity index (χ4n) is 5.72. The number of fused-ring (bicyclic) bond motifs is 3. The molecule has 2 aliphatic heterocycles. The number of Topliss-reactive ketones (excluding diaryl/α,β-unsaturated/α-hetero) is 2. The Morgan fingerprint density at radius 1 is 0.921 bits per heavy atom. The predicted octanol–water partition coefficient (Wildman–Crippen LogP) is 4.32. The number of benzene rings is 3. The van der Waals surface area contributed by atoms with Gasteiger partial charge in [-0.05, 0) is 48.9 Å². The van der Waals surface area contributed by atoms with Crippen LogP contribution in [0.5, 0.6) is 0 Å². The van der Waals surface area contributed by atoms with Crippen LogP contribution >= 0.6 is 15.9 Å². The van der Waals surface area contributed by atoms with Gasteiger partial charge in [0.1, 0.15) is 0 Å².